The summed E-state index contributed by atoms with van der Waals surface area (Å²) in [5, 5.41) is 9.52. The van der Waals surface area contributed by atoms with Crippen molar-refractivity contribution in [3.63, 3.8) is 0 Å². The number of carbonyl (C=O) groups excluding carboxylic acids is 1. The molecule has 1 aliphatic rings. The van der Waals surface area contributed by atoms with E-state index in [0.29, 0.717) is 28.3 Å². The van der Waals surface area contributed by atoms with Crippen LogP contribution in [0, 0.1) is 0 Å². The molecule has 0 radical (unpaired) electrons. The van der Waals surface area contributed by atoms with E-state index in [1.807, 2.05) is 54.6 Å². The van der Waals surface area contributed by atoms with E-state index in [4.69, 9.17) is 4.42 Å². The Morgan fingerprint density at radius 1 is 0.783 bits per heavy atom. The second-order valence-corrected chi connectivity index (χ2v) is 5.52. The van der Waals surface area contributed by atoms with Crippen molar-refractivity contribution in [2.75, 3.05) is 0 Å². The molecule has 4 heteroatoms. The third-order valence-corrected chi connectivity index (χ3v) is 4.14. The Labute approximate surface area is 131 Å². The van der Waals surface area contributed by atoms with Crippen LogP contribution in [0.4, 0.5) is 0 Å². The molecular weight excluding hydrogens is 288 g/mol. The van der Waals surface area contributed by atoms with Gasteiger partial charge in [-0.05, 0) is 18.2 Å². The molecule has 23 heavy (non-hydrogen) atoms. The van der Waals surface area contributed by atoms with E-state index in [1.165, 1.54) is 0 Å². The Balaban J connectivity index is 1.69. The minimum atomic E-state index is -0.0112. The van der Waals surface area contributed by atoms with Crippen LogP contribution in [-0.2, 0) is 0 Å². The van der Waals surface area contributed by atoms with Crippen molar-refractivity contribution in [2.45, 2.75) is 0 Å². The summed E-state index contributed by atoms with van der Waals surface area (Å²) >= 11 is 0. The number of hydrogen-bond acceptors (Lipinski definition) is 4. The number of nitrogens with zero attached hydrogens (tertiary/aromatic N) is 2. The first kappa shape index (κ1) is 12.3. The van der Waals surface area contributed by atoms with E-state index in [1.54, 1.807) is 6.07 Å². The summed E-state index contributed by atoms with van der Waals surface area (Å²) in [7, 11) is 0. The second-order valence-electron chi connectivity index (χ2n) is 5.52. The molecule has 0 saturated carbocycles. The zero-order valence-electron chi connectivity index (χ0n) is 12.0. The van der Waals surface area contributed by atoms with Gasteiger partial charge in [0.2, 0.25) is 0 Å². The average Bonchev–Trinajstić information content (AvgIpc) is 3.15. The lowest BCUT2D eigenvalue weighted by Gasteiger charge is -1.99. The summed E-state index contributed by atoms with van der Waals surface area (Å²) < 4.78 is 5.81. The number of para-hydroxylation sites is 1. The van der Waals surface area contributed by atoms with E-state index < -0.39 is 0 Å². The second kappa shape index (κ2) is 4.36. The molecule has 0 fully saturated rings. The summed E-state index contributed by atoms with van der Waals surface area (Å²) in [6, 6.07) is 18.9. The van der Waals surface area contributed by atoms with Gasteiger partial charge in [0.25, 0.3) is 0 Å². The molecule has 0 unspecified atom stereocenters. The number of benzene rings is 2. The quantitative estimate of drug-likeness (QED) is 0.467. The molecule has 5 rings (SSSR count). The smallest absolute Gasteiger partial charge is 0.196 e. The van der Waals surface area contributed by atoms with Gasteiger partial charge in [-0.2, -0.15) is 0 Å². The fourth-order valence-electron chi connectivity index (χ4n) is 3.02. The lowest BCUT2D eigenvalue weighted by atomic mass is 10.1. The van der Waals surface area contributed by atoms with Crippen molar-refractivity contribution in [1.29, 1.82) is 0 Å². The molecule has 2 aromatic carbocycles. The molecule has 0 spiro atoms. The highest BCUT2D eigenvalue weighted by Crippen LogP contribution is 2.36. The van der Waals surface area contributed by atoms with Gasteiger partial charge in [0.05, 0.1) is 5.56 Å². The number of hydrogen-bond donors (Lipinski definition) is 0. The molecular formula is C19H10N2O2. The van der Waals surface area contributed by atoms with Crippen molar-refractivity contribution in [2.24, 2.45) is 0 Å². The van der Waals surface area contributed by atoms with Gasteiger partial charge in [0.15, 0.2) is 11.5 Å². The molecule has 108 valence electrons. The van der Waals surface area contributed by atoms with Gasteiger partial charge >= 0.3 is 0 Å². The van der Waals surface area contributed by atoms with Crippen LogP contribution in [0.25, 0.3) is 33.7 Å². The first-order valence-electron chi connectivity index (χ1n) is 7.32. The van der Waals surface area contributed by atoms with Crippen LogP contribution in [0.15, 0.2) is 65.1 Å². The van der Waals surface area contributed by atoms with Gasteiger partial charge in [-0.1, -0.05) is 42.5 Å². The highest BCUT2D eigenvalue weighted by molar-refractivity contribution is 6.21. The molecule has 0 N–H and O–H groups in total. The van der Waals surface area contributed by atoms with Crippen LogP contribution in [0.5, 0.6) is 0 Å². The number of rotatable bonds is 1. The normalized spacial score (nSPS) is 12.4. The maximum absolute atomic E-state index is 12.5. The fourth-order valence-corrected chi connectivity index (χ4v) is 3.02. The fraction of sp³-hybridized carbons (Fsp3) is 0. The van der Waals surface area contributed by atoms with Crippen LogP contribution in [0.2, 0.25) is 0 Å². The molecule has 0 aliphatic heterocycles. The molecule has 4 nitrogen and oxygen atoms in total. The standard InChI is InChI=1S/C19H10N2O2/c22-19-13-7-3-2-6-12(13)18-14(19)10-15(20-21-18)17-9-11-5-1-4-8-16(11)23-17/h1-10H. The minimum Gasteiger partial charge on any atom is -0.454 e. The highest BCUT2D eigenvalue weighted by Gasteiger charge is 2.29. The summed E-state index contributed by atoms with van der Waals surface area (Å²) in [5.74, 6) is 0.605. The number of furan rings is 1. The van der Waals surface area contributed by atoms with E-state index in [0.717, 1.165) is 16.5 Å². The molecule has 0 amide bonds. The lowest BCUT2D eigenvalue weighted by Crippen LogP contribution is -1.97. The SMILES string of the molecule is O=C1c2ccccc2-c2nnc(-c3cc4ccccc4o3)cc21. The van der Waals surface area contributed by atoms with Crippen molar-refractivity contribution in [3.05, 3.63) is 71.8 Å². The minimum absolute atomic E-state index is 0.0112. The summed E-state index contributed by atoms with van der Waals surface area (Å²) in [5.41, 5.74) is 4.11. The zero-order valence-corrected chi connectivity index (χ0v) is 12.0. The van der Waals surface area contributed by atoms with Crippen LogP contribution in [-0.4, -0.2) is 16.0 Å². The van der Waals surface area contributed by atoms with Crippen LogP contribution < -0.4 is 0 Å². The molecule has 2 heterocycles. The van der Waals surface area contributed by atoms with Crippen LogP contribution in [0.3, 0.4) is 0 Å². The topological polar surface area (TPSA) is 56.0 Å². The van der Waals surface area contributed by atoms with E-state index in [-0.39, 0.29) is 5.78 Å². The maximum Gasteiger partial charge on any atom is 0.196 e. The number of carbonyl (C=O) groups is 1. The van der Waals surface area contributed by atoms with Crippen molar-refractivity contribution in [3.8, 4) is 22.7 Å². The zero-order chi connectivity index (χ0) is 15.4. The summed E-state index contributed by atoms with van der Waals surface area (Å²) in [6.07, 6.45) is 0. The predicted octanol–water partition coefficient (Wildman–Crippen LogP) is 4.10. The Hall–Kier alpha value is -3.27. The Kier molecular flexibility index (Phi) is 2.33. The van der Waals surface area contributed by atoms with E-state index in [9.17, 15) is 4.79 Å². The molecule has 0 saturated heterocycles. The molecule has 0 atom stereocenters. The molecule has 0 bridgehead atoms. The lowest BCUT2D eigenvalue weighted by molar-refractivity contribution is 0.104. The van der Waals surface area contributed by atoms with Crippen molar-refractivity contribution >= 4 is 16.8 Å². The first-order chi connectivity index (χ1) is 11.3. The largest absolute Gasteiger partial charge is 0.454 e. The monoisotopic (exact) mass is 298 g/mol. The average molecular weight is 298 g/mol. The molecule has 4 aromatic rings. The summed E-state index contributed by atoms with van der Waals surface area (Å²) in [4.78, 5) is 12.5. The number of ketones is 1. The third kappa shape index (κ3) is 1.69. The Bertz CT molecular complexity index is 1060. The third-order valence-electron chi connectivity index (χ3n) is 4.14. The van der Waals surface area contributed by atoms with E-state index in [2.05, 4.69) is 10.2 Å². The number of fused-ring (bicyclic) bond motifs is 4. The van der Waals surface area contributed by atoms with Crippen molar-refractivity contribution in [1.82, 2.24) is 10.2 Å². The van der Waals surface area contributed by atoms with Gasteiger partial charge in [-0.3, -0.25) is 4.79 Å². The van der Waals surface area contributed by atoms with Gasteiger partial charge in [0, 0.05) is 16.5 Å². The Morgan fingerprint density at radius 2 is 1.57 bits per heavy atom. The van der Waals surface area contributed by atoms with Crippen LogP contribution >= 0.6 is 0 Å². The summed E-state index contributed by atoms with van der Waals surface area (Å²) in [6.45, 7) is 0. The molecule has 1 aliphatic carbocycles. The molecule has 2 aromatic heterocycles. The first-order valence-corrected chi connectivity index (χ1v) is 7.32. The van der Waals surface area contributed by atoms with Crippen molar-refractivity contribution < 1.29 is 9.21 Å². The Morgan fingerprint density at radius 3 is 2.43 bits per heavy atom. The van der Waals surface area contributed by atoms with Gasteiger partial charge in [0.1, 0.15) is 17.0 Å². The van der Waals surface area contributed by atoms with Gasteiger partial charge in [-0.15, -0.1) is 10.2 Å². The number of aromatic nitrogens is 2. The van der Waals surface area contributed by atoms with E-state index >= 15 is 0 Å². The predicted molar refractivity (Wildman–Crippen MR) is 86.1 cm³/mol. The van der Waals surface area contributed by atoms with Crippen LogP contribution in [0.1, 0.15) is 15.9 Å². The maximum atomic E-state index is 12.5. The van der Waals surface area contributed by atoms with Gasteiger partial charge < -0.3 is 4.42 Å². The highest BCUT2D eigenvalue weighted by atomic mass is 16.3. The van der Waals surface area contributed by atoms with Gasteiger partial charge in [-0.25, -0.2) is 0 Å².